The summed E-state index contributed by atoms with van der Waals surface area (Å²) in [6, 6.07) is -0.114. The predicted octanol–water partition coefficient (Wildman–Crippen LogP) is 0.694. The van der Waals surface area contributed by atoms with Crippen molar-refractivity contribution in [3.8, 4) is 0 Å². The van der Waals surface area contributed by atoms with E-state index in [1.165, 1.54) is 30.1 Å². The van der Waals surface area contributed by atoms with Crippen LogP contribution in [0.3, 0.4) is 0 Å². The summed E-state index contributed by atoms with van der Waals surface area (Å²) in [5.74, 6) is -0.347. The van der Waals surface area contributed by atoms with Crippen LogP contribution in [0.25, 0.3) is 0 Å². The lowest BCUT2D eigenvalue weighted by Gasteiger charge is -2.31. The first-order chi connectivity index (χ1) is 10.1. The fraction of sp³-hybridized carbons (Fsp3) is 0.692. The van der Waals surface area contributed by atoms with Gasteiger partial charge in [0.2, 0.25) is 0 Å². The maximum atomic E-state index is 12.1. The Labute approximate surface area is 123 Å². The molecule has 0 aliphatic heterocycles. The van der Waals surface area contributed by atoms with Gasteiger partial charge in [-0.15, -0.1) is 5.10 Å². The van der Waals surface area contributed by atoms with Gasteiger partial charge in [0.05, 0.1) is 12.7 Å². The van der Waals surface area contributed by atoms with Gasteiger partial charge in [0.1, 0.15) is 12.2 Å². The second-order valence-electron chi connectivity index (χ2n) is 5.30. The van der Waals surface area contributed by atoms with E-state index in [9.17, 15) is 9.59 Å². The first kappa shape index (κ1) is 15.3. The lowest BCUT2D eigenvalue weighted by Crippen LogP contribution is -2.43. The molecule has 1 heterocycles. The van der Waals surface area contributed by atoms with Crippen LogP contribution >= 0.6 is 0 Å². The van der Waals surface area contributed by atoms with Crippen LogP contribution in [0.1, 0.15) is 31.9 Å². The van der Waals surface area contributed by atoms with Crippen molar-refractivity contribution in [2.24, 2.45) is 5.92 Å². The van der Waals surface area contributed by atoms with Crippen molar-refractivity contribution >= 4 is 12.0 Å². The Balaban J connectivity index is 1.78. The minimum Gasteiger partial charge on any atom is -0.480 e. The lowest BCUT2D eigenvalue weighted by molar-refractivity contribution is -0.137. The third-order valence-electron chi connectivity index (χ3n) is 3.68. The number of nitrogens with zero attached hydrogens (tertiary/aromatic N) is 4. The van der Waals surface area contributed by atoms with Gasteiger partial charge < -0.3 is 15.3 Å². The number of amides is 2. The quantitative estimate of drug-likeness (QED) is 0.771. The number of carboxylic acids is 1. The van der Waals surface area contributed by atoms with E-state index in [-0.39, 0.29) is 19.1 Å². The molecule has 0 spiro atoms. The number of carbonyl (C=O) groups is 2. The third kappa shape index (κ3) is 4.44. The molecule has 0 aromatic carbocycles. The van der Waals surface area contributed by atoms with E-state index >= 15 is 0 Å². The fourth-order valence-electron chi connectivity index (χ4n) is 2.26. The Hall–Kier alpha value is -2.12. The molecule has 1 aliphatic rings. The first-order valence-electron chi connectivity index (χ1n) is 7.22. The molecule has 2 rings (SSSR count). The van der Waals surface area contributed by atoms with E-state index < -0.39 is 5.97 Å². The van der Waals surface area contributed by atoms with Gasteiger partial charge in [-0.25, -0.2) is 9.48 Å². The molecule has 8 heteroatoms. The van der Waals surface area contributed by atoms with Gasteiger partial charge in [0.15, 0.2) is 0 Å². The average molecular weight is 295 g/mol. The Morgan fingerprint density at radius 1 is 1.52 bits per heavy atom. The number of nitrogens with one attached hydrogen (secondary N) is 1. The molecule has 116 valence electrons. The zero-order chi connectivity index (χ0) is 15.2. The first-order valence-corrected chi connectivity index (χ1v) is 7.22. The molecule has 8 nitrogen and oxygen atoms in total. The second kappa shape index (κ2) is 7.05. The highest BCUT2D eigenvalue weighted by atomic mass is 16.4. The molecule has 1 aliphatic carbocycles. The molecule has 1 fully saturated rings. The SMILES string of the molecule is CCN(CC1CCC1)C(=O)NCc1cn(CC(=O)O)nn1. The summed E-state index contributed by atoms with van der Waals surface area (Å²) in [6.45, 7) is 3.45. The Kier molecular flexibility index (Phi) is 5.13. The van der Waals surface area contributed by atoms with E-state index in [0.29, 0.717) is 18.2 Å². The molecule has 1 saturated carbocycles. The number of aliphatic carboxylic acids is 1. The van der Waals surface area contributed by atoms with E-state index in [1.807, 2.05) is 6.92 Å². The number of hydrogen-bond donors (Lipinski definition) is 2. The Morgan fingerprint density at radius 3 is 2.86 bits per heavy atom. The number of carboxylic acid groups (broad SMARTS) is 1. The lowest BCUT2D eigenvalue weighted by atomic mass is 9.85. The standard InChI is InChI=1S/C13H21N5O3/c1-2-17(7-10-4-3-5-10)13(21)14-6-11-8-18(16-15-11)9-12(19)20/h8,10H,2-7,9H2,1H3,(H,14,21)(H,19,20). The van der Waals surface area contributed by atoms with Gasteiger partial charge in [-0.3, -0.25) is 4.79 Å². The summed E-state index contributed by atoms with van der Waals surface area (Å²) in [7, 11) is 0. The molecule has 2 amide bonds. The highest BCUT2D eigenvalue weighted by Gasteiger charge is 2.22. The summed E-state index contributed by atoms with van der Waals surface area (Å²) in [5.41, 5.74) is 0.546. The summed E-state index contributed by atoms with van der Waals surface area (Å²) in [4.78, 5) is 24.4. The van der Waals surface area contributed by atoms with E-state index in [2.05, 4.69) is 15.6 Å². The normalized spacial score (nSPS) is 14.5. The fourth-order valence-corrected chi connectivity index (χ4v) is 2.26. The maximum absolute atomic E-state index is 12.1. The van der Waals surface area contributed by atoms with Crippen LogP contribution in [0, 0.1) is 5.92 Å². The van der Waals surface area contributed by atoms with Crippen molar-refractivity contribution in [1.82, 2.24) is 25.2 Å². The van der Waals surface area contributed by atoms with Gasteiger partial charge in [-0.2, -0.15) is 0 Å². The molecular formula is C13H21N5O3. The van der Waals surface area contributed by atoms with Crippen LogP contribution in [0.5, 0.6) is 0 Å². The van der Waals surface area contributed by atoms with Crippen LogP contribution in [-0.2, 0) is 17.9 Å². The average Bonchev–Trinajstić information content (AvgIpc) is 2.81. The van der Waals surface area contributed by atoms with Gasteiger partial charge in [0, 0.05) is 13.1 Å². The Bertz CT molecular complexity index is 498. The molecule has 1 aromatic heterocycles. The second-order valence-corrected chi connectivity index (χ2v) is 5.30. The van der Waals surface area contributed by atoms with E-state index in [0.717, 1.165) is 6.54 Å². The molecule has 1 aromatic rings. The molecule has 0 radical (unpaired) electrons. The molecule has 0 atom stereocenters. The summed E-state index contributed by atoms with van der Waals surface area (Å²) >= 11 is 0. The molecule has 0 bridgehead atoms. The van der Waals surface area contributed by atoms with Crippen LogP contribution in [-0.4, -0.2) is 50.1 Å². The monoisotopic (exact) mass is 295 g/mol. The van der Waals surface area contributed by atoms with Crippen LogP contribution < -0.4 is 5.32 Å². The van der Waals surface area contributed by atoms with Crippen LogP contribution in [0.4, 0.5) is 4.79 Å². The largest absolute Gasteiger partial charge is 0.480 e. The molecule has 21 heavy (non-hydrogen) atoms. The van der Waals surface area contributed by atoms with Crippen molar-refractivity contribution in [3.63, 3.8) is 0 Å². The van der Waals surface area contributed by atoms with Crippen molar-refractivity contribution in [3.05, 3.63) is 11.9 Å². The van der Waals surface area contributed by atoms with Gasteiger partial charge in [0.25, 0.3) is 0 Å². The molecule has 0 unspecified atom stereocenters. The summed E-state index contributed by atoms with van der Waals surface area (Å²) < 4.78 is 1.23. The van der Waals surface area contributed by atoms with Crippen LogP contribution in [0.2, 0.25) is 0 Å². The van der Waals surface area contributed by atoms with Crippen molar-refractivity contribution < 1.29 is 14.7 Å². The smallest absolute Gasteiger partial charge is 0.325 e. The maximum Gasteiger partial charge on any atom is 0.325 e. The number of rotatable bonds is 7. The zero-order valence-corrected chi connectivity index (χ0v) is 12.2. The summed E-state index contributed by atoms with van der Waals surface area (Å²) in [6.07, 6.45) is 5.19. The highest BCUT2D eigenvalue weighted by Crippen LogP contribution is 2.26. The van der Waals surface area contributed by atoms with Crippen LogP contribution in [0.15, 0.2) is 6.20 Å². The minimum atomic E-state index is -0.979. The topological polar surface area (TPSA) is 100 Å². The molecule has 2 N–H and O–H groups in total. The van der Waals surface area contributed by atoms with E-state index in [4.69, 9.17) is 5.11 Å². The van der Waals surface area contributed by atoms with E-state index in [1.54, 1.807) is 4.90 Å². The predicted molar refractivity (Wildman–Crippen MR) is 74.5 cm³/mol. The number of carbonyl (C=O) groups excluding carboxylic acids is 1. The number of aromatic nitrogens is 3. The van der Waals surface area contributed by atoms with Crippen molar-refractivity contribution in [1.29, 1.82) is 0 Å². The van der Waals surface area contributed by atoms with Gasteiger partial charge in [-0.1, -0.05) is 11.6 Å². The Morgan fingerprint density at radius 2 is 2.29 bits per heavy atom. The highest BCUT2D eigenvalue weighted by molar-refractivity contribution is 5.74. The van der Waals surface area contributed by atoms with Crippen molar-refractivity contribution in [2.45, 2.75) is 39.3 Å². The molecular weight excluding hydrogens is 274 g/mol. The summed E-state index contributed by atoms with van der Waals surface area (Å²) in [5, 5.41) is 19.0. The van der Waals surface area contributed by atoms with Crippen molar-refractivity contribution in [2.75, 3.05) is 13.1 Å². The zero-order valence-electron chi connectivity index (χ0n) is 12.2. The van der Waals surface area contributed by atoms with Gasteiger partial charge >= 0.3 is 12.0 Å². The number of hydrogen-bond acceptors (Lipinski definition) is 4. The minimum absolute atomic E-state index is 0.114. The third-order valence-corrected chi connectivity index (χ3v) is 3.68. The molecule has 0 saturated heterocycles. The number of urea groups is 1. The van der Waals surface area contributed by atoms with Gasteiger partial charge in [-0.05, 0) is 25.7 Å².